The molecule has 21 heavy (non-hydrogen) atoms. The van der Waals surface area contributed by atoms with Crippen molar-refractivity contribution in [1.29, 1.82) is 0 Å². The Hall–Kier alpha value is -1.91. The lowest BCUT2D eigenvalue weighted by Gasteiger charge is -2.08. The summed E-state index contributed by atoms with van der Waals surface area (Å²) in [5.74, 6) is -0.191. The number of halogens is 1. The molecule has 2 rings (SSSR count). The number of pyridine rings is 1. The number of amides is 1. The van der Waals surface area contributed by atoms with Gasteiger partial charge in [-0.05, 0) is 29.7 Å². The van der Waals surface area contributed by atoms with Gasteiger partial charge in [0.15, 0.2) is 0 Å². The number of rotatable bonds is 5. The standard InChI is InChI=1S/C16H17ClN2O2/c1-2-14-7-13(8-15(17)19-14)16(21)18-9-11-4-3-5-12(6-11)10-20/h3-8,20H,2,9-10H2,1H3,(H,18,21). The predicted octanol–water partition coefficient (Wildman–Crippen LogP) is 2.72. The zero-order valence-corrected chi connectivity index (χ0v) is 12.5. The minimum Gasteiger partial charge on any atom is -0.392 e. The molecule has 0 unspecified atom stereocenters. The number of benzene rings is 1. The number of aryl methyl sites for hydroxylation is 1. The maximum absolute atomic E-state index is 12.1. The summed E-state index contributed by atoms with van der Waals surface area (Å²) in [4.78, 5) is 16.3. The summed E-state index contributed by atoms with van der Waals surface area (Å²) in [7, 11) is 0. The summed E-state index contributed by atoms with van der Waals surface area (Å²) in [5, 5.41) is 12.3. The fourth-order valence-corrected chi connectivity index (χ4v) is 2.21. The number of hydrogen-bond acceptors (Lipinski definition) is 3. The van der Waals surface area contributed by atoms with Gasteiger partial charge < -0.3 is 10.4 Å². The predicted molar refractivity (Wildman–Crippen MR) is 82.2 cm³/mol. The lowest BCUT2D eigenvalue weighted by molar-refractivity contribution is 0.0950. The number of carbonyl (C=O) groups excluding carboxylic acids is 1. The van der Waals surface area contributed by atoms with Crippen molar-refractivity contribution in [2.45, 2.75) is 26.5 Å². The van der Waals surface area contributed by atoms with E-state index < -0.39 is 0 Å². The van der Waals surface area contributed by atoms with Gasteiger partial charge in [-0.25, -0.2) is 4.98 Å². The van der Waals surface area contributed by atoms with Crippen LogP contribution in [0.25, 0.3) is 0 Å². The van der Waals surface area contributed by atoms with Crippen LogP contribution in [0.15, 0.2) is 36.4 Å². The van der Waals surface area contributed by atoms with Gasteiger partial charge >= 0.3 is 0 Å². The molecule has 1 heterocycles. The number of carbonyl (C=O) groups is 1. The fraction of sp³-hybridized carbons (Fsp3) is 0.250. The van der Waals surface area contributed by atoms with Crippen LogP contribution in [0.1, 0.15) is 34.1 Å². The molecular formula is C16H17ClN2O2. The van der Waals surface area contributed by atoms with Crippen molar-refractivity contribution in [3.05, 3.63) is 63.9 Å². The highest BCUT2D eigenvalue weighted by atomic mass is 35.5. The lowest BCUT2D eigenvalue weighted by Crippen LogP contribution is -2.23. The molecule has 0 aliphatic rings. The van der Waals surface area contributed by atoms with Crippen LogP contribution < -0.4 is 5.32 Å². The second-order valence-electron chi connectivity index (χ2n) is 4.68. The van der Waals surface area contributed by atoms with Crippen LogP contribution >= 0.6 is 11.6 Å². The highest BCUT2D eigenvalue weighted by Crippen LogP contribution is 2.12. The van der Waals surface area contributed by atoms with E-state index in [2.05, 4.69) is 10.3 Å². The molecule has 2 aromatic rings. The van der Waals surface area contributed by atoms with Crippen LogP contribution in [0, 0.1) is 0 Å². The van der Waals surface area contributed by atoms with E-state index in [1.165, 1.54) is 0 Å². The highest BCUT2D eigenvalue weighted by Gasteiger charge is 2.08. The van der Waals surface area contributed by atoms with Crippen LogP contribution in [0.4, 0.5) is 0 Å². The van der Waals surface area contributed by atoms with Crippen molar-refractivity contribution in [3.8, 4) is 0 Å². The molecule has 5 heteroatoms. The van der Waals surface area contributed by atoms with Gasteiger partial charge in [-0.15, -0.1) is 0 Å². The average molecular weight is 305 g/mol. The quantitative estimate of drug-likeness (QED) is 0.835. The highest BCUT2D eigenvalue weighted by molar-refractivity contribution is 6.29. The van der Waals surface area contributed by atoms with Crippen LogP contribution in [0.2, 0.25) is 5.15 Å². The molecule has 0 fully saturated rings. The normalized spacial score (nSPS) is 10.4. The maximum atomic E-state index is 12.1. The Kier molecular flexibility index (Phi) is 5.31. The number of aliphatic hydroxyl groups excluding tert-OH is 1. The molecule has 0 radical (unpaired) electrons. The first-order valence-electron chi connectivity index (χ1n) is 6.75. The summed E-state index contributed by atoms with van der Waals surface area (Å²) < 4.78 is 0. The van der Waals surface area contributed by atoms with E-state index >= 15 is 0 Å². The third kappa shape index (κ3) is 4.28. The van der Waals surface area contributed by atoms with Crippen molar-refractivity contribution in [1.82, 2.24) is 10.3 Å². The molecule has 1 aromatic carbocycles. The molecule has 1 amide bonds. The molecule has 0 bridgehead atoms. The van der Waals surface area contributed by atoms with E-state index in [1.54, 1.807) is 12.1 Å². The van der Waals surface area contributed by atoms with Crippen LogP contribution in [0.3, 0.4) is 0 Å². The monoisotopic (exact) mass is 304 g/mol. The van der Waals surface area contributed by atoms with Gasteiger partial charge in [0.05, 0.1) is 6.61 Å². The topological polar surface area (TPSA) is 62.2 Å². The van der Waals surface area contributed by atoms with E-state index in [0.717, 1.165) is 23.2 Å². The SMILES string of the molecule is CCc1cc(C(=O)NCc2cccc(CO)c2)cc(Cl)n1. The van der Waals surface area contributed by atoms with Gasteiger partial charge in [0.1, 0.15) is 5.15 Å². The Morgan fingerprint density at radius 3 is 2.76 bits per heavy atom. The van der Waals surface area contributed by atoms with Crippen molar-refractivity contribution in [2.75, 3.05) is 0 Å². The molecule has 1 aromatic heterocycles. The smallest absolute Gasteiger partial charge is 0.251 e. The number of hydrogen-bond donors (Lipinski definition) is 2. The molecule has 0 aliphatic heterocycles. The zero-order chi connectivity index (χ0) is 15.2. The molecule has 110 valence electrons. The molecule has 4 nitrogen and oxygen atoms in total. The van der Waals surface area contributed by atoms with E-state index in [-0.39, 0.29) is 12.5 Å². The van der Waals surface area contributed by atoms with E-state index in [4.69, 9.17) is 16.7 Å². The minimum atomic E-state index is -0.191. The van der Waals surface area contributed by atoms with Gasteiger partial charge in [-0.1, -0.05) is 42.8 Å². The molecule has 0 saturated heterocycles. The van der Waals surface area contributed by atoms with Crippen molar-refractivity contribution >= 4 is 17.5 Å². The van der Waals surface area contributed by atoms with Crippen LogP contribution in [0.5, 0.6) is 0 Å². The molecule has 0 aliphatic carbocycles. The summed E-state index contributed by atoms with van der Waals surface area (Å²) in [5.41, 5.74) is 3.05. The summed E-state index contributed by atoms with van der Waals surface area (Å²) in [6.07, 6.45) is 0.722. The first-order chi connectivity index (χ1) is 10.1. The van der Waals surface area contributed by atoms with Gasteiger partial charge in [-0.2, -0.15) is 0 Å². The Labute approximate surface area is 128 Å². The Balaban J connectivity index is 2.06. The number of aliphatic hydroxyl groups is 1. The largest absolute Gasteiger partial charge is 0.392 e. The number of nitrogens with one attached hydrogen (secondary N) is 1. The van der Waals surface area contributed by atoms with Gasteiger partial charge in [0.25, 0.3) is 5.91 Å². The molecule has 0 spiro atoms. The van der Waals surface area contributed by atoms with Gasteiger partial charge in [0, 0.05) is 17.8 Å². The van der Waals surface area contributed by atoms with Crippen LogP contribution in [-0.4, -0.2) is 16.0 Å². The number of aromatic nitrogens is 1. The van der Waals surface area contributed by atoms with Gasteiger partial charge in [-0.3, -0.25) is 4.79 Å². The van der Waals surface area contributed by atoms with Crippen LogP contribution in [-0.2, 0) is 19.6 Å². The van der Waals surface area contributed by atoms with Gasteiger partial charge in [0.2, 0.25) is 0 Å². The van der Waals surface area contributed by atoms with E-state index in [0.29, 0.717) is 17.3 Å². The lowest BCUT2D eigenvalue weighted by atomic mass is 10.1. The Bertz CT molecular complexity index is 644. The second-order valence-corrected chi connectivity index (χ2v) is 5.07. The Morgan fingerprint density at radius 2 is 2.05 bits per heavy atom. The minimum absolute atomic E-state index is 0.0123. The summed E-state index contributed by atoms with van der Waals surface area (Å²) >= 11 is 5.91. The van der Waals surface area contributed by atoms with Crippen molar-refractivity contribution < 1.29 is 9.90 Å². The molecular weight excluding hydrogens is 288 g/mol. The summed E-state index contributed by atoms with van der Waals surface area (Å²) in [6.45, 7) is 2.34. The Morgan fingerprint density at radius 1 is 1.29 bits per heavy atom. The molecule has 2 N–H and O–H groups in total. The fourth-order valence-electron chi connectivity index (χ4n) is 1.99. The molecule has 0 atom stereocenters. The number of nitrogens with zero attached hydrogens (tertiary/aromatic N) is 1. The van der Waals surface area contributed by atoms with Crippen molar-refractivity contribution in [3.63, 3.8) is 0 Å². The van der Waals surface area contributed by atoms with E-state index in [9.17, 15) is 4.79 Å². The van der Waals surface area contributed by atoms with Crippen molar-refractivity contribution in [2.24, 2.45) is 0 Å². The summed E-state index contributed by atoms with van der Waals surface area (Å²) in [6, 6.07) is 10.7. The first-order valence-corrected chi connectivity index (χ1v) is 7.13. The average Bonchev–Trinajstić information content (AvgIpc) is 2.52. The second kappa shape index (κ2) is 7.20. The maximum Gasteiger partial charge on any atom is 0.251 e. The van der Waals surface area contributed by atoms with E-state index in [1.807, 2.05) is 31.2 Å². The third-order valence-corrected chi connectivity index (χ3v) is 3.29. The molecule has 0 saturated carbocycles. The first kappa shape index (κ1) is 15.5. The zero-order valence-electron chi connectivity index (χ0n) is 11.8. The third-order valence-electron chi connectivity index (χ3n) is 3.10.